The van der Waals surface area contributed by atoms with Gasteiger partial charge in [-0.1, -0.05) is 11.8 Å². The lowest BCUT2D eigenvalue weighted by molar-refractivity contribution is 0.393. The van der Waals surface area contributed by atoms with Crippen molar-refractivity contribution in [1.82, 2.24) is 14.8 Å². The molecule has 1 heterocycles. The number of nitrogens with zero attached hydrogens (tertiary/aromatic N) is 3. The summed E-state index contributed by atoms with van der Waals surface area (Å²) in [6.45, 7) is 0.573. The van der Waals surface area contributed by atoms with Gasteiger partial charge < -0.3 is 19.8 Å². The highest BCUT2D eigenvalue weighted by molar-refractivity contribution is 7.98. The molecule has 0 bridgehead atoms. The Kier molecular flexibility index (Phi) is 5.46. The van der Waals surface area contributed by atoms with Gasteiger partial charge in [-0.2, -0.15) is 0 Å². The zero-order chi connectivity index (χ0) is 15.2. The highest BCUT2D eigenvalue weighted by Gasteiger charge is 2.09. The van der Waals surface area contributed by atoms with Gasteiger partial charge in [0.2, 0.25) is 0 Å². The van der Waals surface area contributed by atoms with Gasteiger partial charge >= 0.3 is 0 Å². The van der Waals surface area contributed by atoms with Crippen molar-refractivity contribution in [3.63, 3.8) is 0 Å². The fourth-order valence-electron chi connectivity index (χ4n) is 1.92. The van der Waals surface area contributed by atoms with Crippen molar-refractivity contribution in [2.24, 2.45) is 12.8 Å². The molecule has 0 radical (unpaired) electrons. The van der Waals surface area contributed by atoms with Crippen LogP contribution in [-0.4, -0.2) is 35.5 Å². The first-order chi connectivity index (χ1) is 10.2. The summed E-state index contributed by atoms with van der Waals surface area (Å²) in [6.07, 6.45) is 0.733. The number of rotatable bonds is 7. The van der Waals surface area contributed by atoms with Gasteiger partial charge in [0.15, 0.2) is 5.16 Å². The van der Waals surface area contributed by atoms with E-state index in [0.29, 0.717) is 6.54 Å². The van der Waals surface area contributed by atoms with Crippen molar-refractivity contribution in [1.29, 1.82) is 0 Å². The molecule has 7 heteroatoms. The molecule has 114 valence electrons. The average molecular weight is 308 g/mol. The summed E-state index contributed by atoms with van der Waals surface area (Å²) in [5.41, 5.74) is 6.66. The van der Waals surface area contributed by atoms with Crippen LogP contribution >= 0.6 is 11.8 Å². The molecule has 2 aromatic rings. The van der Waals surface area contributed by atoms with E-state index in [0.717, 1.165) is 40.2 Å². The number of aromatic nitrogens is 3. The zero-order valence-electron chi connectivity index (χ0n) is 12.5. The van der Waals surface area contributed by atoms with Gasteiger partial charge in [0.1, 0.15) is 17.3 Å². The predicted molar refractivity (Wildman–Crippen MR) is 82.9 cm³/mol. The predicted octanol–water partition coefficient (Wildman–Crippen LogP) is 1.63. The number of ether oxygens (including phenoxy) is 2. The maximum absolute atomic E-state index is 5.55. The molecule has 0 saturated carbocycles. The third kappa shape index (κ3) is 3.89. The Balaban J connectivity index is 2.09. The van der Waals surface area contributed by atoms with Crippen molar-refractivity contribution in [3.8, 4) is 11.5 Å². The standard InChI is InChI=1S/C14H20N4O2S/c1-18-13(4-5-15)16-17-14(18)21-9-10-6-11(19-2)8-12(7-10)20-3/h6-8H,4-5,9,15H2,1-3H3. The van der Waals surface area contributed by atoms with Crippen LogP contribution in [0.25, 0.3) is 0 Å². The van der Waals surface area contributed by atoms with Crippen molar-refractivity contribution in [2.75, 3.05) is 20.8 Å². The molecule has 0 unspecified atom stereocenters. The molecule has 0 aliphatic carbocycles. The SMILES string of the molecule is COc1cc(CSc2nnc(CCN)n2C)cc(OC)c1. The molecule has 1 aromatic heterocycles. The van der Waals surface area contributed by atoms with E-state index in [2.05, 4.69) is 10.2 Å². The molecule has 0 aliphatic heterocycles. The van der Waals surface area contributed by atoms with Crippen molar-refractivity contribution in [3.05, 3.63) is 29.6 Å². The van der Waals surface area contributed by atoms with E-state index in [-0.39, 0.29) is 0 Å². The Morgan fingerprint density at radius 3 is 2.38 bits per heavy atom. The van der Waals surface area contributed by atoms with Gasteiger partial charge in [0.05, 0.1) is 14.2 Å². The number of hydrogen-bond donors (Lipinski definition) is 1. The Hall–Kier alpha value is -1.73. The molecule has 2 N–H and O–H groups in total. The maximum atomic E-state index is 5.55. The van der Waals surface area contributed by atoms with Crippen LogP contribution in [0, 0.1) is 0 Å². The van der Waals surface area contributed by atoms with E-state index < -0.39 is 0 Å². The van der Waals surface area contributed by atoms with E-state index in [1.165, 1.54) is 0 Å². The van der Waals surface area contributed by atoms with Crippen LogP contribution < -0.4 is 15.2 Å². The first-order valence-corrected chi connectivity index (χ1v) is 7.59. The van der Waals surface area contributed by atoms with E-state index in [1.807, 2.05) is 29.8 Å². The van der Waals surface area contributed by atoms with Gasteiger partial charge in [-0.15, -0.1) is 10.2 Å². The van der Waals surface area contributed by atoms with Gasteiger partial charge in [-0.25, -0.2) is 0 Å². The second-order valence-corrected chi connectivity index (χ2v) is 5.45. The molecule has 0 saturated heterocycles. The number of benzene rings is 1. The smallest absolute Gasteiger partial charge is 0.191 e. The second kappa shape index (κ2) is 7.33. The van der Waals surface area contributed by atoms with E-state index in [9.17, 15) is 0 Å². The van der Waals surface area contributed by atoms with Gasteiger partial charge in [-0.3, -0.25) is 0 Å². The highest BCUT2D eigenvalue weighted by atomic mass is 32.2. The van der Waals surface area contributed by atoms with E-state index in [1.54, 1.807) is 26.0 Å². The molecule has 0 amide bonds. The average Bonchev–Trinajstić information content (AvgIpc) is 2.86. The lowest BCUT2D eigenvalue weighted by Crippen LogP contribution is -2.08. The molecule has 0 aliphatic rings. The topological polar surface area (TPSA) is 75.2 Å². The maximum Gasteiger partial charge on any atom is 0.191 e. The normalized spacial score (nSPS) is 10.7. The summed E-state index contributed by atoms with van der Waals surface area (Å²) in [7, 11) is 5.25. The molecule has 0 atom stereocenters. The number of nitrogens with two attached hydrogens (primary N) is 1. The fourth-order valence-corrected chi connectivity index (χ4v) is 2.78. The summed E-state index contributed by atoms with van der Waals surface area (Å²) in [5.74, 6) is 3.24. The van der Waals surface area contributed by atoms with Crippen LogP contribution in [0.5, 0.6) is 11.5 Å². The van der Waals surface area contributed by atoms with Gasteiger partial charge in [-0.05, 0) is 24.2 Å². The summed E-state index contributed by atoms with van der Waals surface area (Å²) in [4.78, 5) is 0. The van der Waals surface area contributed by atoms with Crippen LogP contribution in [0.1, 0.15) is 11.4 Å². The Morgan fingerprint density at radius 2 is 1.81 bits per heavy atom. The lowest BCUT2D eigenvalue weighted by atomic mass is 10.2. The molecule has 21 heavy (non-hydrogen) atoms. The Morgan fingerprint density at radius 1 is 1.14 bits per heavy atom. The third-order valence-corrected chi connectivity index (χ3v) is 4.16. The van der Waals surface area contributed by atoms with Crippen LogP contribution in [0.3, 0.4) is 0 Å². The van der Waals surface area contributed by atoms with Crippen LogP contribution in [0.2, 0.25) is 0 Å². The van der Waals surface area contributed by atoms with Crippen molar-refractivity contribution >= 4 is 11.8 Å². The third-order valence-electron chi connectivity index (χ3n) is 3.07. The first-order valence-electron chi connectivity index (χ1n) is 6.61. The number of thioether (sulfide) groups is 1. The number of hydrogen-bond acceptors (Lipinski definition) is 6. The Bertz CT molecular complexity index is 578. The highest BCUT2D eigenvalue weighted by Crippen LogP contribution is 2.27. The van der Waals surface area contributed by atoms with Crippen LogP contribution in [-0.2, 0) is 19.2 Å². The molecule has 6 nitrogen and oxygen atoms in total. The molecule has 0 fully saturated rings. The van der Waals surface area contributed by atoms with Crippen LogP contribution in [0.15, 0.2) is 23.4 Å². The number of methoxy groups -OCH3 is 2. The molecule has 0 spiro atoms. The monoisotopic (exact) mass is 308 g/mol. The van der Waals surface area contributed by atoms with Crippen LogP contribution in [0.4, 0.5) is 0 Å². The minimum atomic E-state index is 0.573. The summed E-state index contributed by atoms with van der Waals surface area (Å²) in [5, 5.41) is 9.22. The fraction of sp³-hybridized carbons (Fsp3) is 0.429. The van der Waals surface area contributed by atoms with Crippen molar-refractivity contribution < 1.29 is 9.47 Å². The summed E-state index contributed by atoms with van der Waals surface area (Å²) in [6, 6.07) is 5.84. The lowest BCUT2D eigenvalue weighted by Gasteiger charge is -2.08. The molecular weight excluding hydrogens is 288 g/mol. The molecule has 2 rings (SSSR count). The minimum Gasteiger partial charge on any atom is -0.497 e. The zero-order valence-corrected chi connectivity index (χ0v) is 13.3. The largest absolute Gasteiger partial charge is 0.497 e. The molecular formula is C14H20N4O2S. The van der Waals surface area contributed by atoms with Gasteiger partial charge in [0, 0.05) is 25.3 Å². The van der Waals surface area contributed by atoms with Crippen molar-refractivity contribution in [2.45, 2.75) is 17.3 Å². The second-order valence-electron chi connectivity index (χ2n) is 4.51. The summed E-state index contributed by atoms with van der Waals surface area (Å²) < 4.78 is 12.5. The quantitative estimate of drug-likeness (QED) is 0.784. The summed E-state index contributed by atoms with van der Waals surface area (Å²) >= 11 is 1.62. The minimum absolute atomic E-state index is 0.573. The Labute approximate surface area is 128 Å². The van der Waals surface area contributed by atoms with E-state index >= 15 is 0 Å². The van der Waals surface area contributed by atoms with Gasteiger partial charge in [0.25, 0.3) is 0 Å². The van der Waals surface area contributed by atoms with E-state index in [4.69, 9.17) is 15.2 Å². The first kappa shape index (κ1) is 15.7. The molecule has 1 aromatic carbocycles.